The van der Waals surface area contributed by atoms with Crippen LogP contribution in [0.4, 0.5) is 0 Å². The van der Waals surface area contributed by atoms with E-state index >= 15 is 0 Å². The van der Waals surface area contributed by atoms with Crippen molar-refractivity contribution in [2.75, 3.05) is 6.54 Å². The molecular weight excluding hydrogens is 200 g/mol. The van der Waals surface area contributed by atoms with E-state index < -0.39 is 17.6 Å². The maximum absolute atomic E-state index is 11.0. The lowest BCUT2D eigenvalue weighted by Gasteiger charge is -2.34. The Balaban J connectivity index is 2.57. The molecule has 6 heteroatoms. The van der Waals surface area contributed by atoms with Gasteiger partial charge in [-0.25, -0.2) is 0 Å². The number of hydrogen-bond acceptors (Lipinski definition) is 4. The largest absolute Gasteiger partial charge is 0.481 e. The van der Waals surface area contributed by atoms with E-state index in [1.54, 1.807) is 13.8 Å². The Bertz CT molecular complexity index is 269. The summed E-state index contributed by atoms with van der Waals surface area (Å²) in [6.07, 6.45) is 0.262. The van der Waals surface area contributed by atoms with Crippen molar-refractivity contribution in [3.05, 3.63) is 10.1 Å². The predicted molar refractivity (Wildman–Crippen MR) is 52.9 cm³/mol. The fourth-order valence-electron chi connectivity index (χ4n) is 1.81. The van der Waals surface area contributed by atoms with Crippen LogP contribution in [-0.4, -0.2) is 28.7 Å². The second kappa shape index (κ2) is 4.14. The number of rotatable bonds is 3. The normalized spacial score (nSPS) is 27.3. The van der Waals surface area contributed by atoms with Gasteiger partial charge < -0.3 is 5.11 Å². The first-order chi connectivity index (χ1) is 6.85. The lowest BCUT2D eigenvalue weighted by molar-refractivity contribution is -0.533. The van der Waals surface area contributed by atoms with Gasteiger partial charge in [0.15, 0.2) is 0 Å². The molecular formula is C9H16N2O4. The quantitative estimate of drug-likeness (QED) is 0.535. The summed E-state index contributed by atoms with van der Waals surface area (Å²) < 4.78 is 0. The molecule has 15 heavy (non-hydrogen) atoms. The summed E-state index contributed by atoms with van der Waals surface area (Å²) in [5, 5.41) is 22.2. The first-order valence-corrected chi connectivity index (χ1v) is 4.96. The molecule has 2 unspecified atom stereocenters. The Kier molecular flexibility index (Phi) is 3.28. The van der Waals surface area contributed by atoms with Gasteiger partial charge in [0.1, 0.15) is 0 Å². The van der Waals surface area contributed by atoms with E-state index in [0.29, 0.717) is 19.4 Å². The molecule has 0 aliphatic carbocycles. The van der Waals surface area contributed by atoms with Gasteiger partial charge in [0.2, 0.25) is 0 Å². The van der Waals surface area contributed by atoms with Crippen molar-refractivity contribution in [2.45, 2.75) is 32.9 Å². The highest BCUT2D eigenvalue weighted by Crippen LogP contribution is 2.32. The maximum atomic E-state index is 11.0. The van der Waals surface area contributed by atoms with Crippen LogP contribution in [0.3, 0.4) is 0 Å². The summed E-state index contributed by atoms with van der Waals surface area (Å²) in [6.45, 7) is 3.72. The van der Waals surface area contributed by atoms with E-state index in [1.807, 2.05) is 0 Å². The maximum Gasteiger partial charge on any atom is 0.309 e. The Morgan fingerprint density at radius 1 is 1.53 bits per heavy atom. The molecule has 0 spiro atoms. The molecule has 1 rings (SSSR count). The van der Waals surface area contributed by atoms with Crippen LogP contribution in [0.25, 0.3) is 0 Å². The van der Waals surface area contributed by atoms with Gasteiger partial charge in [-0.05, 0) is 26.2 Å². The number of hydrogen-bond donors (Lipinski definition) is 2. The van der Waals surface area contributed by atoms with Gasteiger partial charge in [-0.3, -0.25) is 20.2 Å². The van der Waals surface area contributed by atoms with Crippen LogP contribution in [-0.2, 0) is 4.79 Å². The third-order valence-corrected chi connectivity index (χ3v) is 3.21. The van der Waals surface area contributed by atoms with Crippen LogP contribution < -0.4 is 5.32 Å². The molecule has 0 aromatic rings. The standard InChI is InChI=1S/C9H16N2O4/c1-9(2,8(12)13)6-3-4-7(10-5-6)11(14)15/h6-7,10H,3-5H2,1-2H3,(H,12,13). The van der Waals surface area contributed by atoms with Crippen molar-refractivity contribution in [2.24, 2.45) is 11.3 Å². The highest BCUT2D eigenvalue weighted by atomic mass is 16.6. The topological polar surface area (TPSA) is 92.5 Å². The Labute approximate surface area is 87.8 Å². The molecule has 2 atom stereocenters. The molecule has 2 N–H and O–H groups in total. The zero-order valence-corrected chi connectivity index (χ0v) is 8.90. The lowest BCUT2D eigenvalue weighted by atomic mass is 9.75. The van der Waals surface area contributed by atoms with Crippen LogP contribution >= 0.6 is 0 Å². The summed E-state index contributed by atoms with van der Waals surface area (Å²) in [5.41, 5.74) is -0.825. The Hall–Kier alpha value is -1.17. The Morgan fingerprint density at radius 3 is 2.47 bits per heavy atom. The van der Waals surface area contributed by atoms with Gasteiger partial charge in [-0.1, -0.05) is 0 Å². The molecule has 0 amide bonds. The smallest absolute Gasteiger partial charge is 0.309 e. The van der Waals surface area contributed by atoms with Gasteiger partial charge in [-0.2, -0.15) is 0 Å². The minimum Gasteiger partial charge on any atom is -0.481 e. The molecule has 1 fully saturated rings. The SMILES string of the molecule is CC(C)(C(=O)O)C1CCC([N+](=O)[O-])NC1. The van der Waals surface area contributed by atoms with E-state index in [2.05, 4.69) is 5.32 Å². The first-order valence-electron chi connectivity index (χ1n) is 4.96. The van der Waals surface area contributed by atoms with Gasteiger partial charge in [0.05, 0.1) is 5.41 Å². The molecule has 1 aliphatic heterocycles. The molecule has 1 heterocycles. The van der Waals surface area contributed by atoms with Crippen molar-refractivity contribution in [1.29, 1.82) is 0 Å². The van der Waals surface area contributed by atoms with Crippen molar-refractivity contribution in [3.8, 4) is 0 Å². The molecule has 1 aliphatic rings. The van der Waals surface area contributed by atoms with E-state index in [4.69, 9.17) is 5.11 Å². The minimum atomic E-state index is -0.853. The number of nitrogens with zero attached hydrogens (tertiary/aromatic N) is 1. The second-order valence-corrected chi connectivity index (χ2v) is 4.51. The molecule has 0 aromatic carbocycles. The van der Waals surface area contributed by atoms with Crippen molar-refractivity contribution in [3.63, 3.8) is 0 Å². The van der Waals surface area contributed by atoms with E-state index in [-0.39, 0.29) is 10.8 Å². The minimum absolute atomic E-state index is 0.0498. The van der Waals surface area contributed by atoms with Crippen LogP contribution in [0.2, 0.25) is 0 Å². The third kappa shape index (κ3) is 2.44. The number of piperidine rings is 1. The van der Waals surface area contributed by atoms with Crippen molar-refractivity contribution in [1.82, 2.24) is 5.32 Å². The monoisotopic (exact) mass is 216 g/mol. The van der Waals surface area contributed by atoms with Crippen LogP contribution in [0.15, 0.2) is 0 Å². The van der Waals surface area contributed by atoms with Gasteiger partial charge in [0, 0.05) is 17.9 Å². The molecule has 0 saturated carbocycles. The van der Waals surface area contributed by atoms with Crippen LogP contribution in [0, 0.1) is 21.4 Å². The Morgan fingerprint density at radius 2 is 2.13 bits per heavy atom. The number of carboxylic acids is 1. The number of carboxylic acid groups (broad SMARTS) is 1. The second-order valence-electron chi connectivity index (χ2n) is 4.51. The third-order valence-electron chi connectivity index (χ3n) is 3.21. The van der Waals surface area contributed by atoms with Crippen LogP contribution in [0.5, 0.6) is 0 Å². The number of nitrogens with one attached hydrogen (secondary N) is 1. The molecule has 0 bridgehead atoms. The highest BCUT2D eigenvalue weighted by molar-refractivity contribution is 5.74. The van der Waals surface area contributed by atoms with E-state index in [0.717, 1.165) is 0 Å². The fraction of sp³-hybridized carbons (Fsp3) is 0.889. The zero-order valence-electron chi connectivity index (χ0n) is 8.90. The zero-order chi connectivity index (χ0) is 11.6. The molecule has 86 valence electrons. The summed E-state index contributed by atoms with van der Waals surface area (Å²) in [4.78, 5) is 21.1. The van der Waals surface area contributed by atoms with Gasteiger partial charge >= 0.3 is 5.97 Å². The fourth-order valence-corrected chi connectivity index (χ4v) is 1.81. The summed E-state index contributed by atoms with van der Waals surface area (Å²) in [5.74, 6) is -0.903. The molecule has 6 nitrogen and oxygen atoms in total. The summed E-state index contributed by atoms with van der Waals surface area (Å²) >= 11 is 0. The predicted octanol–water partition coefficient (Wildman–Crippen LogP) is 0.700. The van der Waals surface area contributed by atoms with Gasteiger partial charge in [-0.15, -0.1) is 0 Å². The van der Waals surface area contributed by atoms with Crippen LogP contribution in [0.1, 0.15) is 26.7 Å². The molecule has 0 aromatic heterocycles. The molecule has 1 saturated heterocycles. The molecule has 0 radical (unpaired) electrons. The van der Waals surface area contributed by atoms with E-state index in [9.17, 15) is 14.9 Å². The lowest BCUT2D eigenvalue weighted by Crippen LogP contribution is -2.49. The van der Waals surface area contributed by atoms with Gasteiger partial charge in [0.25, 0.3) is 6.17 Å². The summed E-state index contributed by atoms with van der Waals surface area (Å²) in [7, 11) is 0. The average molecular weight is 216 g/mol. The average Bonchev–Trinajstić information content (AvgIpc) is 2.17. The number of carbonyl (C=O) groups is 1. The van der Waals surface area contributed by atoms with Crippen molar-refractivity contribution < 1.29 is 14.8 Å². The summed E-state index contributed by atoms with van der Waals surface area (Å²) in [6, 6.07) is 0. The number of aliphatic carboxylic acids is 1. The van der Waals surface area contributed by atoms with E-state index in [1.165, 1.54) is 0 Å². The highest BCUT2D eigenvalue weighted by Gasteiger charge is 2.40. The number of nitro groups is 1. The first kappa shape index (κ1) is 11.9. The van der Waals surface area contributed by atoms with Crippen molar-refractivity contribution >= 4 is 5.97 Å².